The number of hydrogen-bond acceptors (Lipinski definition) is 0. The van der Waals surface area contributed by atoms with Gasteiger partial charge in [-0.05, 0) is 35.4 Å². The van der Waals surface area contributed by atoms with Crippen LogP contribution in [0, 0.1) is 13.8 Å². The fourth-order valence-corrected chi connectivity index (χ4v) is 4.00. The first kappa shape index (κ1) is 19.3. The lowest BCUT2D eigenvalue weighted by Crippen LogP contribution is -2.36. The molecule has 0 bridgehead atoms. The number of hydrogen-bond donors (Lipinski definition) is 0. The zero-order valence-electron chi connectivity index (χ0n) is 18.3. The van der Waals surface area contributed by atoms with Crippen molar-refractivity contribution in [3.05, 3.63) is 89.9 Å². The second-order valence-corrected chi connectivity index (χ2v) is 9.03. The number of aryl methyl sites for hydroxylation is 2. The molecule has 2 aromatic heterocycles. The SMILES string of the molecule is Cc1c(-c2cc3ccccc3c[n+]2C)cc(C(C)(C)C)cc1-[n+]1ccccc1C. The third-order valence-corrected chi connectivity index (χ3v) is 5.85. The van der Waals surface area contributed by atoms with Gasteiger partial charge in [0.05, 0.1) is 5.56 Å². The van der Waals surface area contributed by atoms with Crippen molar-refractivity contribution in [2.45, 2.75) is 40.0 Å². The lowest BCUT2D eigenvalue weighted by Gasteiger charge is -2.21. The third-order valence-electron chi connectivity index (χ3n) is 5.85. The van der Waals surface area contributed by atoms with Gasteiger partial charge in [-0.25, -0.2) is 4.57 Å². The van der Waals surface area contributed by atoms with Crippen molar-refractivity contribution in [2.75, 3.05) is 0 Å². The van der Waals surface area contributed by atoms with Gasteiger partial charge in [0.1, 0.15) is 7.05 Å². The Hall–Kier alpha value is -3.00. The molecule has 0 spiro atoms. The van der Waals surface area contributed by atoms with E-state index in [1.165, 1.54) is 44.5 Å². The highest BCUT2D eigenvalue weighted by Gasteiger charge is 2.26. The van der Waals surface area contributed by atoms with E-state index in [0.29, 0.717) is 0 Å². The average Bonchev–Trinajstić information content (AvgIpc) is 2.67. The molecule has 0 N–H and O–H groups in total. The van der Waals surface area contributed by atoms with Crippen LogP contribution in [0.5, 0.6) is 0 Å². The van der Waals surface area contributed by atoms with Crippen LogP contribution in [0.4, 0.5) is 0 Å². The van der Waals surface area contributed by atoms with E-state index >= 15 is 0 Å². The summed E-state index contributed by atoms with van der Waals surface area (Å²) in [6.45, 7) is 11.3. The summed E-state index contributed by atoms with van der Waals surface area (Å²) >= 11 is 0. The quantitative estimate of drug-likeness (QED) is 0.403. The molecule has 2 heteroatoms. The highest BCUT2D eigenvalue weighted by atomic mass is 15.0. The van der Waals surface area contributed by atoms with E-state index in [1.807, 2.05) is 0 Å². The minimum absolute atomic E-state index is 0.0653. The van der Waals surface area contributed by atoms with Crippen molar-refractivity contribution in [3.8, 4) is 16.9 Å². The smallest absolute Gasteiger partial charge is 0.200 e. The van der Waals surface area contributed by atoms with Crippen molar-refractivity contribution >= 4 is 10.8 Å². The Labute approximate surface area is 174 Å². The second kappa shape index (κ2) is 7.11. The highest BCUT2D eigenvalue weighted by Crippen LogP contribution is 2.32. The molecule has 0 saturated heterocycles. The van der Waals surface area contributed by atoms with E-state index in [2.05, 4.69) is 124 Å². The minimum atomic E-state index is 0.0653. The summed E-state index contributed by atoms with van der Waals surface area (Å²) in [6.07, 6.45) is 4.39. The van der Waals surface area contributed by atoms with Crippen molar-refractivity contribution in [3.63, 3.8) is 0 Å². The molecule has 0 atom stereocenters. The molecular weight excluding hydrogens is 352 g/mol. The van der Waals surface area contributed by atoms with Crippen LogP contribution in [0.15, 0.2) is 73.1 Å². The first-order chi connectivity index (χ1) is 13.8. The number of fused-ring (bicyclic) bond motifs is 1. The molecule has 0 saturated carbocycles. The molecule has 0 fully saturated rings. The summed E-state index contributed by atoms with van der Waals surface area (Å²) in [7, 11) is 2.14. The van der Waals surface area contributed by atoms with Gasteiger partial charge in [0.25, 0.3) is 0 Å². The van der Waals surface area contributed by atoms with E-state index in [-0.39, 0.29) is 5.41 Å². The van der Waals surface area contributed by atoms with E-state index in [4.69, 9.17) is 0 Å². The number of pyridine rings is 2. The summed E-state index contributed by atoms with van der Waals surface area (Å²) in [4.78, 5) is 0. The van der Waals surface area contributed by atoms with Crippen LogP contribution < -0.4 is 9.13 Å². The van der Waals surface area contributed by atoms with Crippen LogP contribution in [-0.4, -0.2) is 0 Å². The minimum Gasteiger partial charge on any atom is -0.200 e. The predicted molar refractivity (Wildman–Crippen MR) is 120 cm³/mol. The zero-order valence-corrected chi connectivity index (χ0v) is 18.3. The molecule has 2 nitrogen and oxygen atoms in total. The number of nitrogens with zero attached hydrogens (tertiary/aromatic N) is 2. The van der Waals surface area contributed by atoms with E-state index in [1.54, 1.807) is 0 Å². The Bertz CT molecular complexity index is 1210. The zero-order chi connectivity index (χ0) is 20.8. The van der Waals surface area contributed by atoms with Gasteiger partial charge in [-0.3, -0.25) is 0 Å². The van der Waals surface area contributed by atoms with E-state index in [0.717, 1.165) is 0 Å². The molecule has 0 amide bonds. The first-order valence-corrected chi connectivity index (χ1v) is 10.3. The Balaban J connectivity index is 2.05. The van der Waals surface area contributed by atoms with Gasteiger partial charge >= 0.3 is 0 Å². The lowest BCUT2D eigenvalue weighted by molar-refractivity contribution is -0.659. The monoisotopic (exact) mass is 382 g/mol. The van der Waals surface area contributed by atoms with E-state index < -0.39 is 0 Å². The Morgan fingerprint density at radius 1 is 0.793 bits per heavy atom. The van der Waals surface area contributed by atoms with Crippen LogP contribution >= 0.6 is 0 Å². The van der Waals surface area contributed by atoms with Crippen molar-refractivity contribution in [1.29, 1.82) is 0 Å². The maximum Gasteiger partial charge on any atom is 0.214 e. The van der Waals surface area contributed by atoms with Crippen LogP contribution in [-0.2, 0) is 12.5 Å². The lowest BCUT2D eigenvalue weighted by atomic mass is 9.84. The molecule has 2 heterocycles. The summed E-state index contributed by atoms with van der Waals surface area (Å²) in [6, 6.07) is 22.0. The molecular formula is C27H30N2+2. The Morgan fingerprint density at radius 3 is 2.17 bits per heavy atom. The van der Waals surface area contributed by atoms with Gasteiger partial charge in [0.2, 0.25) is 11.4 Å². The number of benzene rings is 2. The fraction of sp³-hybridized carbons (Fsp3) is 0.259. The fourth-order valence-electron chi connectivity index (χ4n) is 4.00. The summed E-state index contributed by atoms with van der Waals surface area (Å²) < 4.78 is 4.55. The van der Waals surface area contributed by atoms with Crippen LogP contribution in [0.2, 0.25) is 0 Å². The molecule has 0 radical (unpaired) electrons. The van der Waals surface area contributed by atoms with Gasteiger partial charge in [0.15, 0.2) is 18.1 Å². The van der Waals surface area contributed by atoms with Gasteiger partial charge < -0.3 is 0 Å². The molecule has 4 rings (SSSR count). The summed E-state index contributed by atoms with van der Waals surface area (Å²) in [5, 5.41) is 2.53. The summed E-state index contributed by atoms with van der Waals surface area (Å²) in [5.41, 5.74) is 7.71. The molecule has 0 unspecified atom stereocenters. The average molecular weight is 383 g/mol. The van der Waals surface area contributed by atoms with Gasteiger partial charge in [0, 0.05) is 42.1 Å². The van der Waals surface area contributed by atoms with E-state index in [9.17, 15) is 0 Å². The van der Waals surface area contributed by atoms with Crippen LogP contribution in [0.25, 0.3) is 27.7 Å². The molecule has 29 heavy (non-hydrogen) atoms. The molecule has 146 valence electrons. The standard InChI is InChI=1S/C27H30N2/c1-19-11-9-10-14-29(19)25-17-23(27(3,4)5)16-24(20(25)2)26-15-21-12-7-8-13-22(21)18-28(26)6/h7-18H,1-6H3/q+2. The third kappa shape index (κ3) is 3.55. The molecule has 0 aliphatic heterocycles. The molecule has 4 aromatic rings. The Kier molecular flexibility index (Phi) is 4.74. The second-order valence-electron chi connectivity index (χ2n) is 9.03. The molecule has 0 aliphatic carbocycles. The van der Waals surface area contributed by atoms with Gasteiger partial charge in [-0.15, -0.1) is 0 Å². The van der Waals surface area contributed by atoms with Crippen molar-refractivity contribution < 1.29 is 9.13 Å². The normalized spacial score (nSPS) is 11.8. The first-order valence-electron chi connectivity index (χ1n) is 10.3. The summed E-state index contributed by atoms with van der Waals surface area (Å²) in [5.74, 6) is 0. The van der Waals surface area contributed by atoms with Gasteiger partial charge in [-0.1, -0.05) is 45.0 Å². The molecule has 0 aliphatic rings. The van der Waals surface area contributed by atoms with Crippen molar-refractivity contribution in [1.82, 2.24) is 0 Å². The topological polar surface area (TPSA) is 7.76 Å². The van der Waals surface area contributed by atoms with Crippen molar-refractivity contribution in [2.24, 2.45) is 7.05 Å². The number of rotatable bonds is 2. The Morgan fingerprint density at radius 2 is 1.48 bits per heavy atom. The largest absolute Gasteiger partial charge is 0.214 e. The van der Waals surface area contributed by atoms with Gasteiger partial charge in [-0.2, -0.15) is 4.57 Å². The maximum absolute atomic E-state index is 2.38. The molecule has 2 aromatic carbocycles. The van der Waals surface area contributed by atoms with Crippen LogP contribution in [0.1, 0.15) is 37.6 Å². The number of aromatic nitrogens is 2. The maximum atomic E-state index is 2.38. The predicted octanol–water partition coefficient (Wildman–Crippen LogP) is 5.52. The van der Waals surface area contributed by atoms with Crippen LogP contribution in [0.3, 0.4) is 0 Å². The highest BCUT2D eigenvalue weighted by molar-refractivity contribution is 5.84.